The van der Waals surface area contributed by atoms with Crippen LogP contribution >= 0.6 is 0 Å². The zero-order valence-electron chi connectivity index (χ0n) is 7.36. The number of hydrogen-bond acceptors (Lipinski definition) is 3. The average molecular weight is 177 g/mol. The molecule has 0 bridgehead atoms. The molecule has 0 spiro atoms. The lowest BCUT2D eigenvalue weighted by Gasteiger charge is -1.89. The summed E-state index contributed by atoms with van der Waals surface area (Å²) < 4.78 is 1.74. The van der Waals surface area contributed by atoms with Gasteiger partial charge in [0, 0.05) is 31.7 Å². The Balaban J connectivity index is 2.35. The Kier molecular flexibility index (Phi) is 1.86. The molecule has 2 rings (SSSR count). The second-order valence-corrected chi connectivity index (χ2v) is 2.84. The van der Waals surface area contributed by atoms with Crippen molar-refractivity contribution in [2.24, 2.45) is 12.8 Å². The first-order valence-electron chi connectivity index (χ1n) is 4.03. The summed E-state index contributed by atoms with van der Waals surface area (Å²) in [4.78, 5) is 7.24. The van der Waals surface area contributed by atoms with Crippen molar-refractivity contribution in [3.63, 3.8) is 0 Å². The lowest BCUT2D eigenvalue weighted by molar-refractivity contribution is 0.769. The topological polar surface area (TPSA) is 72.5 Å². The number of rotatable bonds is 2. The van der Waals surface area contributed by atoms with E-state index in [9.17, 15) is 0 Å². The van der Waals surface area contributed by atoms with Crippen molar-refractivity contribution in [2.45, 2.75) is 6.54 Å². The van der Waals surface area contributed by atoms with Crippen molar-refractivity contribution < 1.29 is 0 Å². The van der Waals surface area contributed by atoms with Gasteiger partial charge < -0.3 is 10.7 Å². The number of nitrogens with one attached hydrogen (secondary N) is 1. The molecule has 0 fully saturated rings. The summed E-state index contributed by atoms with van der Waals surface area (Å²) in [5.74, 6) is 0.765. The number of nitrogens with zero attached hydrogens (tertiary/aromatic N) is 3. The first-order chi connectivity index (χ1) is 6.29. The predicted molar refractivity (Wildman–Crippen MR) is 48.7 cm³/mol. The van der Waals surface area contributed by atoms with E-state index in [-0.39, 0.29) is 0 Å². The zero-order chi connectivity index (χ0) is 9.26. The van der Waals surface area contributed by atoms with E-state index in [2.05, 4.69) is 15.1 Å². The summed E-state index contributed by atoms with van der Waals surface area (Å²) >= 11 is 0. The van der Waals surface area contributed by atoms with Gasteiger partial charge in [-0.1, -0.05) is 0 Å². The highest BCUT2D eigenvalue weighted by Gasteiger charge is 2.04. The maximum absolute atomic E-state index is 5.45. The molecule has 0 saturated carbocycles. The Hall–Kier alpha value is -1.62. The second-order valence-electron chi connectivity index (χ2n) is 2.84. The van der Waals surface area contributed by atoms with E-state index >= 15 is 0 Å². The highest BCUT2D eigenvalue weighted by Crippen LogP contribution is 2.11. The number of aromatic nitrogens is 4. The molecular weight excluding hydrogens is 166 g/mol. The molecule has 0 atom stereocenters. The molecule has 68 valence electrons. The molecule has 0 unspecified atom stereocenters. The third-order valence-corrected chi connectivity index (χ3v) is 1.80. The van der Waals surface area contributed by atoms with Crippen LogP contribution in [0.1, 0.15) is 5.69 Å². The van der Waals surface area contributed by atoms with Crippen LogP contribution in [0.5, 0.6) is 0 Å². The highest BCUT2D eigenvalue weighted by atomic mass is 15.3. The number of aryl methyl sites for hydroxylation is 1. The molecule has 13 heavy (non-hydrogen) atoms. The van der Waals surface area contributed by atoms with Gasteiger partial charge in [0.25, 0.3) is 0 Å². The largest absolute Gasteiger partial charge is 0.339 e. The zero-order valence-corrected chi connectivity index (χ0v) is 7.36. The van der Waals surface area contributed by atoms with E-state index in [0.29, 0.717) is 6.54 Å². The highest BCUT2D eigenvalue weighted by molar-refractivity contribution is 5.48. The molecule has 0 aliphatic rings. The Morgan fingerprint density at radius 2 is 2.46 bits per heavy atom. The Morgan fingerprint density at radius 3 is 3.00 bits per heavy atom. The lowest BCUT2D eigenvalue weighted by Crippen LogP contribution is -1.95. The van der Waals surface area contributed by atoms with Crippen LogP contribution in [0, 0.1) is 0 Å². The van der Waals surface area contributed by atoms with Gasteiger partial charge in [0.1, 0.15) is 5.69 Å². The van der Waals surface area contributed by atoms with Crippen LogP contribution in [0.15, 0.2) is 18.5 Å². The Bertz CT molecular complexity index is 400. The van der Waals surface area contributed by atoms with Crippen LogP contribution < -0.4 is 5.73 Å². The predicted octanol–water partition coefficient (Wildman–Crippen LogP) is 0.269. The van der Waals surface area contributed by atoms with Crippen LogP contribution in [0.2, 0.25) is 0 Å². The molecule has 2 aromatic heterocycles. The minimum atomic E-state index is 0.472. The fraction of sp³-hybridized carbons (Fsp3) is 0.250. The van der Waals surface area contributed by atoms with Gasteiger partial charge in [-0.05, 0) is 6.07 Å². The summed E-state index contributed by atoms with van der Waals surface area (Å²) in [5.41, 5.74) is 7.20. The Labute approximate surface area is 75.6 Å². The molecule has 2 aromatic rings. The average Bonchev–Trinajstić information content (AvgIpc) is 2.71. The monoisotopic (exact) mass is 177 g/mol. The van der Waals surface area contributed by atoms with E-state index in [1.165, 1.54) is 0 Å². The van der Waals surface area contributed by atoms with Gasteiger partial charge in [-0.2, -0.15) is 5.10 Å². The third-order valence-electron chi connectivity index (χ3n) is 1.80. The van der Waals surface area contributed by atoms with Crippen molar-refractivity contribution in [1.29, 1.82) is 0 Å². The fourth-order valence-corrected chi connectivity index (χ4v) is 1.13. The molecule has 0 radical (unpaired) electrons. The Morgan fingerprint density at radius 1 is 1.62 bits per heavy atom. The van der Waals surface area contributed by atoms with Crippen LogP contribution in [0.4, 0.5) is 0 Å². The molecule has 0 aliphatic carbocycles. The first-order valence-corrected chi connectivity index (χ1v) is 4.03. The SMILES string of the molecule is Cn1ccc(-c2ncc(CN)[nH]2)n1. The van der Waals surface area contributed by atoms with Crippen molar-refractivity contribution in [2.75, 3.05) is 0 Å². The molecule has 0 saturated heterocycles. The summed E-state index contributed by atoms with van der Waals surface area (Å²) in [7, 11) is 1.87. The number of aromatic amines is 1. The standard InChI is InChI=1S/C8H11N5/c1-13-3-2-7(12-13)8-10-5-6(4-9)11-8/h2-3,5H,4,9H2,1H3,(H,10,11). The summed E-state index contributed by atoms with van der Waals surface area (Å²) in [6.07, 6.45) is 3.60. The lowest BCUT2D eigenvalue weighted by atomic mass is 10.4. The molecular formula is C8H11N5. The number of imidazole rings is 1. The molecule has 2 heterocycles. The van der Waals surface area contributed by atoms with E-state index in [4.69, 9.17) is 5.73 Å². The number of nitrogens with two attached hydrogens (primary N) is 1. The first kappa shape index (κ1) is 8.00. The van der Waals surface area contributed by atoms with Crippen LogP contribution in [-0.4, -0.2) is 19.7 Å². The van der Waals surface area contributed by atoms with Gasteiger partial charge in [-0.3, -0.25) is 4.68 Å². The molecule has 0 aromatic carbocycles. The van der Waals surface area contributed by atoms with E-state index < -0.39 is 0 Å². The van der Waals surface area contributed by atoms with Gasteiger partial charge in [-0.15, -0.1) is 0 Å². The van der Waals surface area contributed by atoms with Crippen LogP contribution in [-0.2, 0) is 13.6 Å². The molecule has 3 N–H and O–H groups in total. The van der Waals surface area contributed by atoms with Crippen LogP contribution in [0.3, 0.4) is 0 Å². The van der Waals surface area contributed by atoms with Crippen molar-refractivity contribution in [3.8, 4) is 11.5 Å². The fourth-order valence-electron chi connectivity index (χ4n) is 1.13. The quantitative estimate of drug-likeness (QED) is 0.691. The van der Waals surface area contributed by atoms with E-state index in [0.717, 1.165) is 17.2 Å². The molecule has 5 nitrogen and oxygen atoms in total. The minimum Gasteiger partial charge on any atom is -0.339 e. The molecule has 0 amide bonds. The number of H-pyrrole nitrogens is 1. The molecule has 5 heteroatoms. The van der Waals surface area contributed by atoms with Crippen molar-refractivity contribution in [1.82, 2.24) is 19.7 Å². The number of hydrogen-bond donors (Lipinski definition) is 2. The maximum atomic E-state index is 5.45. The van der Waals surface area contributed by atoms with Gasteiger partial charge in [0.15, 0.2) is 5.82 Å². The van der Waals surface area contributed by atoms with Gasteiger partial charge in [0.2, 0.25) is 0 Å². The van der Waals surface area contributed by atoms with E-state index in [1.807, 2.05) is 19.3 Å². The van der Waals surface area contributed by atoms with Crippen molar-refractivity contribution in [3.05, 3.63) is 24.2 Å². The van der Waals surface area contributed by atoms with Crippen LogP contribution in [0.25, 0.3) is 11.5 Å². The summed E-state index contributed by atoms with van der Waals surface area (Å²) in [6, 6.07) is 1.90. The van der Waals surface area contributed by atoms with Gasteiger partial charge >= 0.3 is 0 Å². The smallest absolute Gasteiger partial charge is 0.158 e. The maximum Gasteiger partial charge on any atom is 0.158 e. The molecule has 0 aliphatic heterocycles. The summed E-state index contributed by atoms with van der Waals surface area (Å²) in [6.45, 7) is 0.472. The van der Waals surface area contributed by atoms with Crippen molar-refractivity contribution >= 4 is 0 Å². The van der Waals surface area contributed by atoms with Gasteiger partial charge in [-0.25, -0.2) is 4.98 Å². The normalized spacial score (nSPS) is 10.6. The summed E-state index contributed by atoms with van der Waals surface area (Å²) in [5, 5.41) is 4.21. The van der Waals surface area contributed by atoms with E-state index in [1.54, 1.807) is 10.9 Å². The van der Waals surface area contributed by atoms with Gasteiger partial charge in [0.05, 0.1) is 0 Å². The minimum absolute atomic E-state index is 0.472. The third kappa shape index (κ3) is 1.46. The second kappa shape index (κ2) is 3.02.